The van der Waals surface area contributed by atoms with Gasteiger partial charge in [0.15, 0.2) is 0 Å². The number of rotatable bonds is 2. The van der Waals surface area contributed by atoms with Crippen LogP contribution in [0.1, 0.15) is 32.3 Å². The zero-order valence-electron chi connectivity index (χ0n) is 14.8. The topological polar surface area (TPSA) is 12.0 Å². The molecule has 4 aliphatic rings. The van der Waals surface area contributed by atoms with Crippen molar-refractivity contribution in [2.75, 3.05) is 5.32 Å². The largest absolute Gasteiger partial charge is 0.355 e. The Labute approximate surface area is 149 Å². The van der Waals surface area contributed by atoms with Crippen LogP contribution in [-0.2, 0) is 5.41 Å². The fraction of sp³-hybridized carbons (Fsp3) is 0.250. The van der Waals surface area contributed by atoms with Crippen LogP contribution in [0.25, 0.3) is 0 Å². The summed E-state index contributed by atoms with van der Waals surface area (Å²) in [5.74, 6) is 0.460. The molecule has 25 heavy (non-hydrogen) atoms. The highest BCUT2D eigenvalue weighted by Gasteiger charge is 2.49. The summed E-state index contributed by atoms with van der Waals surface area (Å²) in [6.07, 6.45) is 18.2. The summed E-state index contributed by atoms with van der Waals surface area (Å²) in [5.41, 5.74) is 9.87. The molecule has 1 heteroatoms. The summed E-state index contributed by atoms with van der Waals surface area (Å²) in [7, 11) is 0. The van der Waals surface area contributed by atoms with E-state index in [9.17, 15) is 0 Å². The van der Waals surface area contributed by atoms with Gasteiger partial charge in [0.2, 0.25) is 0 Å². The first-order valence-electron chi connectivity index (χ1n) is 9.25. The van der Waals surface area contributed by atoms with E-state index in [1.54, 1.807) is 5.57 Å². The van der Waals surface area contributed by atoms with Crippen molar-refractivity contribution in [2.24, 2.45) is 5.92 Å². The van der Waals surface area contributed by atoms with E-state index in [2.05, 4.69) is 86.0 Å². The molecule has 1 aromatic carbocycles. The zero-order valence-corrected chi connectivity index (χ0v) is 14.8. The highest BCUT2D eigenvalue weighted by atomic mass is 14.9. The molecular weight excluding hydrogens is 302 g/mol. The van der Waals surface area contributed by atoms with Gasteiger partial charge >= 0.3 is 0 Å². The third-order valence-electron chi connectivity index (χ3n) is 6.20. The number of allylic oxidation sites excluding steroid dienone is 11. The standard InChI is InChI=1S/C24H23N/c1-16-8-5-11-18(16)24(19-12-6-9-17(19)2)20-10-3-4-14-22(20)25-23-15-7-13-21(23)24/h3-11,14-16,25H,12-13H2,1-2H3. The molecule has 1 nitrogen and oxygen atoms in total. The molecule has 2 unspecified atom stereocenters. The van der Waals surface area contributed by atoms with Crippen LogP contribution >= 0.6 is 0 Å². The number of para-hydroxylation sites is 1. The van der Waals surface area contributed by atoms with Gasteiger partial charge in [-0.2, -0.15) is 0 Å². The van der Waals surface area contributed by atoms with Crippen molar-refractivity contribution >= 4 is 5.69 Å². The molecule has 0 saturated heterocycles. The molecule has 1 N–H and O–H groups in total. The van der Waals surface area contributed by atoms with Crippen molar-refractivity contribution in [3.63, 3.8) is 0 Å². The van der Waals surface area contributed by atoms with Crippen LogP contribution in [0.5, 0.6) is 0 Å². The third kappa shape index (κ3) is 1.84. The first kappa shape index (κ1) is 14.8. The molecule has 0 radical (unpaired) electrons. The highest BCUT2D eigenvalue weighted by molar-refractivity contribution is 5.77. The lowest BCUT2D eigenvalue weighted by Crippen LogP contribution is -2.39. The maximum absolute atomic E-state index is 3.69. The summed E-state index contributed by atoms with van der Waals surface area (Å²) in [5, 5.41) is 3.69. The van der Waals surface area contributed by atoms with E-state index in [1.807, 2.05) is 0 Å². The fourth-order valence-electron chi connectivity index (χ4n) is 5.16. The molecule has 0 spiro atoms. The van der Waals surface area contributed by atoms with Gasteiger partial charge in [0.05, 0.1) is 5.41 Å². The first-order chi connectivity index (χ1) is 12.2. The van der Waals surface area contributed by atoms with Crippen LogP contribution in [0.2, 0.25) is 0 Å². The van der Waals surface area contributed by atoms with Crippen molar-refractivity contribution in [2.45, 2.75) is 32.1 Å². The minimum Gasteiger partial charge on any atom is -0.355 e. The Hall–Kier alpha value is -2.54. The highest BCUT2D eigenvalue weighted by Crippen LogP contribution is 2.59. The maximum atomic E-state index is 3.69. The lowest BCUT2D eigenvalue weighted by atomic mass is 9.59. The average Bonchev–Trinajstić information content (AvgIpc) is 3.35. The van der Waals surface area contributed by atoms with Gasteiger partial charge in [-0.25, -0.2) is 0 Å². The summed E-state index contributed by atoms with van der Waals surface area (Å²) in [6, 6.07) is 8.88. The number of benzene rings is 1. The van der Waals surface area contributed by atoms with Gasteiger partial charge in [-0.15, -0.1) is 0 Å². The molecule has 5 rings (SSSR count). The maximum Gasteiger partial charge on any atom is 0.0644 e. The predicted molar refractivity (Wildman–Crippen MR) is 105 cm³/mol. The Kier molecular flexibility index (Phi) is 3.09. The number of hydrogen-bond acceptors (Lipinski definition) is 1. The van der Waals surface area contributed by atoms with Crippen LogP contribution in [-0.4, -0.2) is 0 Å². The Balaban J connectivity index is 1.88. The van der Waals surface area contributed by atoms with Crippen molar-refractivity contribution in [1.29, 1.82) is 0 Å². The molecule has 124 valence electrons. The van der Waals surface area contributed by atoms with Crippen molar-refractivity contribution in [1.82, 2.24) is 0 Å². The normalized spacial score (nSPS) is 29.2. The predicted octanol–water partition coefficient (Wildman–Crippen LogP) is 5.97. The fourth-order valence-corrected chi connectivity index (χ4v) is 5.16. The zero-order chi connectivity index (χ0) is 17.0. The van der Waals surface area contributed by atoms with Crippen molar-refractivity contribution in [3.05, 3.63) is 100 Å². The SMILES string of the molecule is CC1=C(C2(C3=CC=CC3C)C3=C(C=CC3)Nc3ccccc32)CC=C1. The van der Waals surface area contributed by atoms with Crippen LogP contribution in [0.3, 0.4) is 0 Å². The van der Waals surface area contributed by atoms with Gasteiger partial charge in [0.25, 0.3) is 0 Å². The Bertz CT molecular complexity index is 948. The summed E-state index contributed by atoms with van der Waals surface area (Å²) in [4.78, 5) is 0. The summed E-state index contributed by atoms with van der Waals surface area (Å²) in [6.45, 7) is 4.62. The third-order valence-corrected chi connectivity index (χ3v) is 6.20. The number of anilines is 1. The van der Waals surface area contributed by atoms with Crippen LogP contribution in [0.15, 0.2) is 94.8 Å². The van der Waals surface area contributed by atoms with Gasteiger partial charge in [-0.1, -0.05) is 67.2 Å². The van der Waals surface area contributed by atoms with Crippen molar-refractivity contribution < 1.29 is 0 Å². The summed E-state index contributed by atoms with van der Waals surface area (Å²) < 4.78 is 0. The molecule has 3 aliphatic carbocycles. The lowest BCUT2D eigenvalue weighted by molar-refractivity contribution is 0.595. The number of fused-ring (bicyclic) bond motifs is 1. The van der Waals surface area contributed by atoms with Gasteiger partial charge in [0.1, 0.15) is 0 Å². The smallest absolute Gasteiger partial charge is 0.0644 e. The van der Waals surface area contributed by atoms with E-state index in [0.717, 1.165) is 12.8 Å². The van der Waals surface area contributed by atoms with Crippen LogP contribution in [0.4, 0.5) is 5.69 Å². The van der Waals surface area contributed by atoms with E-state index in [0.29, 0.717) is 5.92 Å². The second-order valence-corrected chi connectivity index (χ2v) is 7.48. The molecule has 0 saturated carbocycles. The van der Waals surface area contributed by atoms with E-state index in [4.69, 9.17) is 0 Å². The molecular formula is C24H23N. The number of hydrogen-bond donors (Lipinski definition) is 1. The molecule has 0 aromatic heterocycles. The molecule has 0 amide bonds. The monoisotopic (exact) mass is 325 g/mol. The molecule has 0 fully saturated rings. The van der Waals surface area contributed by atoms with Gasteiger partial charge in [0, 0.05) is 11.4 Å². The van der Waals surface area contributed by atoms with E-state index in [1.165, 1.54) is 33.7 Å². The van der Waals surface area contributed by atoms with Gasteiger partial charge in [-0.3, -0.25) is 0 Å². The lowest BCUT2D eigenvalue weighted by Gasteiger charge is -2.46. The van der Waals surface area contributed by atoms with Gasteiger partial charge < -0.3 is 5.32 Å². The Morgan fingerprint density at radius 3 is 2.60 bits per heavy atom. The second kappa shape index (κ2) is 5.23. The van der Waals surface area contributed by atoms with Crippen LogP contribution < -0.4 is 5.32 Å². The molecule has 2 atom stereocenters. The Morgan fingerprint density at radius 2 is 1.84 bits per heavy atom. The van der Waals surface area contributed by atoms with E-state index in [-0.39, 0.29) is 5.41 Å². The quantitative estimate of drug-likeness (QED) is 0.706. The van der Waals surface area contributed by atoms with E-state index >= 15 is 0 Å². The molecule has 1 aliphatic heterocycles. The summed E-state index contributed by atoms with van der Waals surface area (Å²) >= 11 is 0. The molecule has 1 aromatic rings. The number of nitrogens with one attached hydrogen (secondary N) is 1. The van der Waals surface area contributed by atoms with Crippen LogP contribution in [0, 0.1) is 5.92 Å². The minimum absolute atomic E-state index is 0.114. The average molecular weight is 325 g/mol. The van der Waals surface area contributed by atoms with Crippen molar-refractivity contribution in [3.8, 4) is 0 Å². The first-order valence-corrected chi connectivity index (χ1v) is 9.25. The second-order valence-electron chi connectivity index (χ2n) is 7.48. The Morgan fingerprint density at radius 1 is 1.04 bits per heavy atom. The van der Waals surface area contributed by atoms with E-state index < -0.39 is 0 Å². The molecule has 0 bridgehead atoms. The van der Waals surface area contributed by atoms with Gasteiger partial charge in [-0.05, 0) is 60.1 Å². The minimum atomic E-state index is -0.114. The molecule has 1 heterocycles.